The minimum atomic E-state index is -0.384. The Morgan fingerprint density at radius 3 is 2.58 bits per heavy atom. The summed E-state index contributed by atoms with van der Waals surface area (Å²) in [5.74, 6) is 0.286. The molecule has 2 aromatic carbocycles. The second-order valence-electron chi connectivity index (χ2n) is 5.77. The molecule has 4 rings (SSSR count). The van der Waals surface area contributed by atoms with Crippen LogP contribution in [0.1, 0.15) is 21.8 Å². The van der Waals surface area contributed by atoms with Crippen LogP contribution in [0.4, 0.5) is 0 Å². The van der Waals surface area contributed by atoms with Gasteiger partial charge in [-0.25, -0.2) is 4.79 Å². The van der Waals surface area contributed by atoms with E-state index in [-0.39, 0.29) is 5.97 Å². The number of esters is 1. The SMILES string of the molecule is COC(=O)c1ccc2c([nH]c3ccccc32)c1-c1c(C)noc1C. The Morgan fingerprint density at radius 2 is 1.88 bits per heavy atom. The van der Waals surface area contributed by atoms with Crippen LogP contribution in [0.5, 0.6) is 0 Å². The van der Waals surface area contributed by atoms with Gasteiger partial charge >= 0.3 is 5.97 Å². The Kier molecular flexibility index (Phi) is 3.16. The number of aryl methyl sites for hydroxylation is 2. The normalized spacial score (nSPS) is 11.3. The summed E-state index contributed by atoms with van der Waals surface area (Å²) < 4.78 is 10.3. The van der Waals surface area contributed by atoms with Crippen molar-refractivity contribution in [2.75, 3.05) is 7.11 Å². The van der Waals surface area contributed by atoms with Gasteiger partial charge in [-0.15, -0.1) is 0 Å². The molecule has 2 heterocycles. The lowest BCUT2D eigenvalue weighted by molar-refractivity contribution is 0.0602. The minimum absolute atomic E-state index is 0.384. The predicted octanol–water partition coefficient (Wildman–Crippen LogP) is 4.38. The number of carbonyl (C=O) groups excluding carboxylic acids is 1. The van der Waals surface area contributed by atoms with Crippen molar-refractivity contribution < 1.29 is 14.1 Å². The van der Waals surface area contributed by atoms with Crippen LogP contribution < -0.4 is 0 Å². The van der Waals surface area contributed by atoms with Gasteiger partial charge in [0.05, 0.1) is 29.4 Å². The van der Waals surface area contributed by atoms with Crippen molar-refractivity contribution >= 4 is 27.8 Å². The van der Waals surface area contributed by atoms with E-state index in [2.05, 4.69) is 16.2 Å². The number of aromatic amines is 1. The first-order chi connectivity index (χ1) is 11.6. The van der Waals surface area contributed by atoms with Crippen molar-refractivity contribution in [2.24, 2.45) is 0 Å². The number of nitrogens with one attached hydrogen (secondary N) is 1. The maximum Gasteiger partial charge on any atom is 0.338 e. The summed E-state index contributed by atoms with van der Waals surface area (Å²) >= 11 is 0. The fraction of sp³-hybridized carbons (Fsp3) is 0.158. The number of fused-ring (bicyclic) bond motifs is 3. The van der Waals surface area contributed by atoms with E-state index in [1.165, 1.54) is 7.11 Å². The maximum absolute atomic E-state index is 12.3. The van der Waals surface area contributed by atoms with Crippen LogP contribution in [0.3, 0.4) is 0 Å². The number of para-hydroxylation sites is 1. The number of carbonyl (C=O) groups is 1. The standard InChI is InChI=1S/C19H16N2O3/c1-10-16(11(2)24-21-10)17-14(19(22)23-3)9-8-13-12-6-4-5-7-15(12)20-18(13)17/h4-9,20H,1-3H3. The van der Waals surface area contributed by atoms with Gasteiger partial charge in [-0.1, -0.05) is 29.4 Å². The van der Waals surface area contributed by atoms with Gasteiger partial charge in [0.2, 0.25) is 0 Å². The molecule has 120 valence electrons. The summed E-state index contributed by atoms with van der Waals surface area (Å²) in [5.41, 5.74) is 4.73. The Balaban J connectivity index is 2.19. The molecule has 0 fully saturated rings. The summed E-state index contributed by atoms with van der Waals surface area (Å²) in [4.78, 5) is 15.8. The molecule has 0 atom stereocenters. The molecule has 5 nitrogen and oxygen atoms in total. The zero-order chi connectivity index (χ0) is 16.8. The largest absolute Gasteiger partial charge is 0.465 e. The topological polar surface area (TPSA) is 68.1 Å². The van der Waals surface area contributed by atoms with E-state index in [9.17, 15) is 4.79 Å². The molecule has 0 bridgehead atoms. The van der Waals surface area contributed by atoms with Gasteiger partial charge in [0, 0.05) is 21.9 Å². The molecule has 0 unspecified atom stereocenters. The second kappa shape index (κ2) is 5.23. The van der Waals surface area contributed by atoms with Crippen LogP contribution in [0, 0.1) is 13.8 Å². The Morgan fingerprint density at radius 1 is 1.08 bits per heavy atom. The lowest BCUT2D eigenvalue weighted by Gasteiger charge is -2.09. The molecule has 5 heteroatoms. The van der Waals surface area contributed by atoms with E-state index in [1.54, 1.807) is 6.07 Å². The minimum Gasteiger partial charge on any atom is -0.465 e. The van der Waals surface area contributed by atoms with Crippen LogP contribution in [0.2, 0.25) is 0 Å². The van der Waals surface area contributed by atoms with Crippen LogP contribution >= 0.6 is 0 Å². The molecule has 0 spiro atoms. The van der Waals surface area contributed by atoms with Crippen molar-refractivity contribution in [1.29, 1.82) is 0 Å². The van der Waals surface area contributed by atoms with Crippen molar-refractivity contribution in [3.8, 4) is 11.1 Å². The van der Waals surface area contributed by atoms with Gasteiger partial charge in [-0.3, -0.25) is 0 Å². The van der Waals surface area contributed by atoms with Gasteiger partial charge in [-0.2, -0.15) is 0 Å². The Hall–Kier alpha value is -3.08. The third-order valence-corrected chi connectivity index (χ3v) is 4.37. The monoisotopic (exact) mass is 320 g/mol. The van der Waals surface area contributed by atoms with Gasteiger partial charge in [-0.05, 0) is 26.0 Å². The molecule has 0 saturated heterocycles. The van der Waals surface area contributed by atoms with Crippen molar-refractivity contribution in [3.05, 3.63) is 53.4 Å². The first kappa shape index (κ1) is 14.5. The molecule has 0 aliphatic carbocycles. The van der Waals surface area contributed by atoms with Crippen LogP contribution in [-0.4, -0.2) is 23.2 Å². The van der Waals surface area contributed by atoms with Crippen LogP contribution in [-0.2, 0) is 4.74 Å². The second-order valence-corrected chi connectivity index (χ2v) is 5.77. The van der Waals surface area contributed by atoms with E-state index in [4.69, 9.17) is 9.26 Å². The zero-order valence-corrected chi connectivity index (χ0v) is 13.6. The van der Waals surface area contributed by atoms with Crippen LogP contribution in [0.25, 0.3) is 32.9 Å². The highest BCUT2D eigenvalue weighted by atomic mass is 16.5. The van der Waals surface area contributed by atoms with Crippen molar-refractivity contribution in [2.45, 2.75) is 13.8 Å². The summed E-state index contributed by atoms with van der Waals surface area (Å²) in [6.07, 6.45) is 0. The van der Waals surface area contributed by atoms with Gasteiger partial charge in [0.25, 0.3) is 0 Å². The van der Waals surface area contributed by atoms with E-state index in [0.29, 0.717) is 11.3 Å². The lowest BCUT2D eigenvalue weighted by Crippen LogP contribution is -2.04. The molecule has 0 amide bonds. The molecule has 0 aliphatic heterocycles. The molecule has 0 saturated carbocycles. The van der Waals surface area contributed by atoms with Gasteiger partial charge in [0.1, 0.15) is 5.76 Å². The number of nitrogens with zero attached hydrogens (tertiary/aromatic N) is 1. The highest BCUT2D eigenvalue weighted by Crippen LogP contribution is 2.38. The number of aromatic nitrogens is 2. The van der Waals surface area contributed by atoms with Gasteiger partial charge < -0.3 is 14.2 Å². The molecular weight excluding hydrogens is 304 g/mol. The highest BCUT2D eigenvalue weighted by Gasteiger charge is 2.23. The fourth-order valence-corrected chi connectivity index (χ4v) is 3.30. The van der Waals surface area contributed by atoms with Crippen molar-refractivity contribution in [3.63, 3.8) is 0 Å². The zero-order valence-electron chi connectivity index (χ0n) is 13.6. The molecule has 1 N–H and O–H groups in total. The third-order valence-electron chi connectivity index (χ3n) is 4.37. The molecule has 4 aromatic rings. The van der Waals surface area contributed by atoms with E-state index < -0.39 is 0 Å². The molecule has 24 heavy (non-hydrogen) atoms. The van der Waals surface area contributed by atoms with E-state index in [1.807, 2.05) is 38.1 Å². The number of hydrogen-bond acceptors (Lipinski definition) is 4. The molecular formula is C19H16N2O3. The smallest absolute Gasteiger partial charge is 0.338 e. The van der Waals surface area contributed by atoms with Crippen LogP contribution in [0.15, 0.2) is 40.9 Å². The fourth-order valence-electron chi connectivity index (χ4n) is 3.30. The number of methoxy groups -OCH3 is 1. The molecule has 0 radical (unpaired) electrons. The van der Waals surface area contributed by atoms with E-state index >= 15 is 0 Å². The number of rotatable bonds is 2. The summed E-state index contributed by atoms with van der Waals surface area (Å²) in [6, 6.07) is 11.8. The first-order valence-corrected chi connectivity index (χ1v) is 7.66. The first-order valence-electron chi connectivity index (χ1n) is 7.66. The Bertz CT molecular complexity index is 1070. The van der Waals surface area contributed by atoms with E-state index in [0.717, 1.165) is 38.6 Å². The number of H-pyrrole nitrogens is 1. The molecule has 2 aromatic heterocycles. The molecule has 0 aliphatic rings. The summed E-state index contributed by atoms with van der Waals surface area (Å²) in [6.45, 7) is 3.71. The highest BCUT2D eigenvalue weighted by molar-refractivity contribution is 6.16. The number of ether oxygens (including phenoxy) is 1. The number of benzene rings is 2. The average Bonchev–Trinajstić information content (AvgIpc) is 3.13. The summed E-state index contributed by atoms with van der Waals surface area (Å²) in [5, 5.41) is 6.20. The quantitative estimate of drug-likeness (QED) is 0.557. The average molecular weight is 320 g/mol. The maximum atomic E-state index is 12.3. The van der Waals surface area contributed by atoms with Crippen molar-refractivity contribution in [1.82, 2.24) is 10.1 Å². The van der Waals surface area contributed by atoms with Gasteiger partial charge in [0.15, 0.2) is 0 Å². The summed E-state index contributed by atoms with van der Waals surface area (Å²) in [7, 11) is 1.38. The third kappa shape index (κ3) is 1.94. The predicted molar refractivity (Wildman–Crippen MR) is 92.1 cm³/mol. The Labute approximate surface area is 138 Å². The lowest BCUT2D eigenvalue weighted by atomic mass is 9.95. The number of hydrogen-bond donors (Lipinski definition) is 1.